The van der Waals surface area contributed by atoms with Crippen LogP contribution in [0, 0.1) is 0 Å². The maximum absolute atomic E-state index is 10.8. The highest BCUT2D eigenvalue weighted by molar-refractivity contribution is 7.09. The van der Waals surface area contributed by atoms with Crippen LogP contribution < -0.4 is 10.6 Å². The van der Waals surface area contributed by atoms with Crippen molar-refractivity contribution in [3.63, 3.8) is 0 Å². The summed E-state index contributed by atoms with van der Waals surface area (Å²) >= 11 is 1.68. The number of thiophene rings is 1. The van der Waals surface area contributed by atoms with E-state index in [1.54, 1.807) is 24.5 Å². The minimum Gasteiger partial charge on any atom is -0.469 e. The van der Waals surface area contributed by atoms with Gasteiger partial charge in [-0.25, -0.2) is 4.99 Å². The lowest BCUT2D eigenvalue weighted by Crippen LogP contribution is -2.45. The van der Waals surface area contributed by atoms with E-state index in [4.69, 9.17) is 4.42 Å². The van der Waals surface area contributed by atoms with Gasteiger partial charge >= 0.3 is 0 Å². The Morgan fingerprint density at radius 3 is 2.67 bits per heavy atom. The summed E-state index contributed by atoms with van der Waals surface area (Å²) in [5, 5.41) is 19.4. The van der Waals surface area contributed by atoms with Crippen molar-refractivity contribution >= 4 is 17.3 Å². The highest BCUT2D eigenvalue weighted by atomic mass is 32.1. The van der Waals surface area contributed by atoms with Gasteiger partial charge in [0, 0.05) is 17.8 Å². The van der Waals surface area contributed by atoms with E-state index < -0.39 is 5.60 Å². The van der Waals surface area contributed by atoms with Crippen molar-refractivity contribution in [3.05, 3.63) is 82.4 Å². The molecule has 3 rings (SSSR count). The molecule has 0 radical (unpaired) electrons. The Morgan fingerprint density at radius 2 is 1.96 bits per heavy atom. The monoisotopic (exact) mass is 383 g/mol. The molecule has 2 aromatic heterocycles. The number of aliphatic hydroxyl groups is 1. The molecule has 2 heterocycles. The fourth-order valence-electron chi connectivity index (χ4n) is 2.65. The highest BCUT2D eigenvalue weighted by Gasteiger charge is 2.23. The third-order valence-corrected chi connectivity index (χ3v) is 5.07. The average molecular weight is 384 g/mol. The maximum atomic E-state index is 10.8. The second kappa shape index (κ2) is 9.39. The molecule has 1 aromatic carbocycles. The number of hydrogen-bond acceptors (Lipinski definition) is 4. The number of aliphatic imine (C=N–C) groups is 1. The first-order chi connectivity index (χ1) is 13.1. The molecule has 0 aliphatic rings. The number of nitrogens with zero attached hydrogens (tertiary/aromatic N) is 1. The molecule has 142 valence electrons. The van der Waals surface area contributed by atoms with Crippen molar-refractivity contribution in [3.8, 4) is 0 Å². The van der Waals surface area contributed by atoms with E-state index in [0.717, 1.165) is 17.7 Å². The van der Waals surface area contributed by atoms with Crippen molar-refractivity contribution in [1.29, 1.82) is 0 Å². The van der Waals surface area contributed by atoms with E-state index in [9.17, 15) is 5.11 Å². The molecule has 0 spiro atoms. The Balaban J connectivity index is 1.60. The molecular formula is C21H25N3O2S. The van der Waals surface area contributed by atoms with Crippen LogP contribution in [-0.2, 0) is 18.6 Å². The summed E-state index contributed by atoms with van der Waals surface area (Å²) in [6.45, 7) is 3.45. The maximum Gasteiger partial charge on any atom is 0.191 e. The molecule has 0 saturated heterocycles. The van der Waals surface area contributed by atoms with Gasteiger partial charge in [-0.1, -0.05) is 36.4 Å². The lowest BCUT2D eigenvalue weighted by atomic mass is 9.96. The van der Waals surface area contributed by atoms with Gasteiger partial charge in [0.2, 0.25) is 0 Å². The van der Waals surface area contributed by atoms with Crippen molar-refractivity contribution in [1.82, 2.24) is 10.6 Å². The molecule has 0 aliphatic carbocycles. The van der Waals surface area contributed by atoms with Crippen molar-refractivity contribution in [2.24, 2.45) is 4.99 Å². The Labute approximate surface area is 163 Å². The molecule has 5 nitrogen and oxygen atoms in total. The fraction of sp³-hybridized carbons (Fsp3) is 0.286. The Kier molecular flexibility index (Phi) is 6.68. The van der Waals surface area contributed by atoms with Gasteiger partial charge in [-0.15, -0.1) is 11.3 Å². The number of furan rings is 1. The van der Waals surface area contributed by atoms with Crippen LogP contribution in [0.15, 0.2) is 75.7 Å². The summed E-state index contributed by atoms with van der Waals surface area (Å²) in [4.78, 5) is 5.84. The van der Waals surface area contributed by atoms with E-state index in [0.29, 0.717) is 25.6 Å². The smallest absolute Gasteiger partial charge is 0.191 e. The molecule has 6 heteroatoms. The lowest BCUT2D eigenvalue weighted by molar-refractivity contribution is 0.0617. The first kappa shape index (κ1) is 19.2. The number of rotatable bonds is 8. The third kappa shape index (κ3) is 5.98. The zero-order valence-electron chi connectivity index (χ0n) is 15.4. The van der Waals surface area contributed by atoms with Crippen molar-refractivity contribution in [2.45, 2.75) is 25.5 Å². The summed E-state index contributed by atoms with van der Waals surface area (Å²) in [7, 11) is 0. The summed E-state index contributed by atoms with van der Waals surface area (Å²) in [6.07, 6.45) is 2.44. The Bertz CT molecular complexity index is 813. The molecule has 0 aliphatic heterocycles. The summed E-state index contributed by atoms with van der Waals surface area (Å²) in [5.41, 5.74) is -0.126. The molecule has 0 amide bonds. The lowest BCUT2D eigenvalue weighted by Gasteiger charge is -2.25. The van der Waals surface area contributed by atoms with Gasteiger partial charge in [0.05, 0.1) is 19.4 Å². The molecule has 0 bridgehead atoms. The minimum absolute atomic E-state index is 0.355. The molecular weight excluding hydrogens is 358 g/mol. The van der Waals surface area contributed by atoms with Crippen LogP contribution in [0.3, 0.4) is 0 Å². The summed E-state index contributed by atoms with van der Waals surface area (Å²) in [6, 6.07) is 17.6. The number of benzene rings is 1. The van der Waals surface area contributed by atoms with Crippen LogP contribution in [0.2, 0.25) is 0 Å². The second-order valence-electron chi connectivity index (χ2n) is 6.49. The summed E-state index contributed by atoms with van der Waals surface area (Å²) in [5.74, 6) is 1.60. The van der Waals surface area contributed by atoms with Gasteiger partial charge in [0.15, 0.2) is 5.96 Å². The van der Waals surface area contributed by atoms with Crippen LogP contribution in [0.5, 0.6) is 0 Å². The van der Waals surface area contributed by atoms with Gasteiger partial charge in [0.25, 0.3) is 0 Å². The normalized spacial score (nSPS) is 13.9. The molecule has 3 N–H and O–H groups in total. The Morgan fingerprint density at radius 1 is 1.11 bits per heavy atom. The zero-order chi connectivity index (χ0) is 19.0. The van der Waals surface area contributed by atoms with Gasteiger partial charge in [-0.3, -0.25) is 0 Å². The molecule has 0 saturated carbocycles. The highest BCUT2D eigenvalue weighted by Crippen LogP contribution is 2.19. The van der Waals surface area contributed by atoms with Gasteiger partial charge < -0.3 is 20.2 Å². The van der Waals surface area contributed by atoms with Crippen molar-refractivity contribution in [2.75, 3.05) is 13.1 Å². The van der Waals surface area contributed by atoms with E-state index in [-0.39, 0.29) is 0 Å². The van der Waals surface area contributed by atoms with Crippen LogP contribution in [-0.4, -0.2) is 24.2 Å². The standard InChI is InChI=1S/C21H25N3O2S/c1-21(25,17-7-3-2-4-8-17)16-24-20(23-15-19-10-6-14-27-19)22-12-11-18-9-5-13-26-18/h2-10,13-14,25H,11-12,15-16H2,1H3,(H2,22,23,24). The predicted octanol–water partition coefficient (Wildman–Crippen LogP) is 3.53. The van der Waals surface area contributed by atoms with Gasteiger partial charge in [-0.05, 0) is 36.1 Å². The fourth-order valence-corrected chi connectivity index (χ4v) is 3.28. The van der Waals surface area contributed by atoms with Gasteiger partial charge in [-0.2, -0.15) is 0 Å². The number of guanidine groups is 1. The van der Waals surface area contributed by atoms with Crippen molar-refractivity contribution < 1.29 is 9.52 Å². The van der Waals surface area contributed by atoms with Crippen LogP contribution in [0.1, 0.15) is 23.1 Å². The largest absolute Gasteiger partial charge is 0.469 e. The molecule has 3 aromatic rings. The van der Waals surface area contributed by atoms with E-state index in [1.807, 2.05) is 53.9 Å². The zero-order valence-corrected chi connectivity index (χ0v) is 16.2. The van der Waals surface area contributed by atoms with E-state index in [1.165, 1.54) is 4.88 Å². The van der Waals surface area contributed by atoms with Crippen LogP contribution in [0.25, 0.3) is 0 Å². The van der Waals surface area contributed by atoms with Crippen LogP contribution in [0.4, 0.5) is 0 Å². The number of nitrogens with one attached hydrogen (secondary N) is 2. The SMILES string of the molecule is CC(O)(CNC(=NCc1cccs1)NCCc1ccco1)c1ccccc1. The first-order valence-corrected chi connectivity index (χ1v) is 9.86. The third-order valence-electron chi connectivity index (χ3n) is 4.21. The van der Waals surface area contributed by atoms with Crippen LogP contribution >= 0.6 is 11.3 Å². The topological polar surface area (TPSA) is 69.8 Å². The second-order valence-corrected chi connectivity index (χ2v) is 7.53. The predicted molar refractivity (Wildman–Crippen MR) is 110 cm³/mol. The average Bonchev–Trinajstić information content (AvgIpc) is 3.38. The summed E-state index contributed by atoms with van der Waals surface area (Å²) < 4.78 is 5.37. The number of hydrogen-bond donors (Lipinski definition) is 3. The van der Waals surface area contributed by atoms with E-state index in [2.05, 4.69) is 21.7 Å². The molecule has 1 unspecified atom stereocenters. The first-order valence-electron chi connectivity index (χ1n) is 8.98. The van der Waals surface area contributed by atoms with E-state index >= 15 is 0 Å². The quantitative estimate of drug-likeness (QED) is 0.411. The van der Waals surface area contributed by atoms with Gasteiger partial charge in [0.1, 0.15) is 11.4 Å². The Hall–Kier alpha value is -2.57. The molecule has 0 fully saturated rings. The molecule has 27 heavy (non-hydrogen) atoms. The molecule has 1 atom stereocenters. The minimum atomic E-state index is -0.992.